The zero-order chi connectivity index (χ0) is 13.9. The third kappa shape index (κ3) is 2.50. The lowest BCUT2D eigenvalue weighted by Crippen LogP contribution is -2.30. The number of rotatable bonds is 4. The summed E-state index contributed by atoms with van der Waals surface area (Å²) in [4.78, 5) is 11.3. The van der Waals surface area contributed by atoms with Crippen LogP contribution in [0.15, 0.2) is 30.5 Å². The average Bonchev–Trinajstić information content (AvgIpc) is 3.12. The Morgan fingerprint density at radius 3 is 3.05 bits per heavy atom. The summed E-state index contributed by atoms with van der Waals surface area (Å²) in [6.07, 6.45) is 5.18. The first kappa shape index (κ1) is 12.7. The molecule has 6 nitrogen and oxygen atoms in total. The molecule has 6 heteroatoms. The van der Waals surface area contributed by atoms with Crippen molar-refractivity contribution in [3.05, 3.63) is 47.3 Å². The third-order valence-electron chi connectivity index (χ3n) is 3.44. The fraction of sp³-hybridized carbons (Fsp3) is 0.286. The molecule has 0 saturated carbocycles. The number of carbonyl (C=O) groups is 1. The first-order chi connectivity index (χ1) is 9.76. The monoisotopic (exact) mass is 272 g/mol. The molecule has 3 N–H and O–H groups in total. The largest absolute Gasteiger partial charge is 0.471 e. The van der Waals surface area contributed by atoms with Gasteiger partial charge in [0.1, 0.15) is 5.75 Å². The van der Waals surface area contributed by atoms with E-state index < -0.39 is 5.91 Å². The Morgan fingerprint density at radius 2 is 2.20 bits per heavy atom. The van der Waals surface area contributed by atoms with Gasteiger partial charge in [0.25, 0.3) is 5.91 Å². The van der Waals surface area contributed by atoms with Gasteiger partial charge in [0.15, 0.2) is 12.4 Å². The van der Waals surface area contributed by atoms with E-state index in [4.69, 9.17) is 10.6 Å². The van der Waals surface area contributed by atoms with Crippen LogP contribution in [0.2, 0.25) is 0 Å². The van der Waals surface area contributed by atoms with Crippen molar-refractivity contribution in [2.45, 2.75) is 26.0 Å². The molecule has 20 heavy (non-hydrogen) atoms. The summed E-state index contributed by atoms with van der Waals surface area (Å²) in [5.74, 6) is 5.46. The van der Waals surface area contributed by atoms with Crippen molar-refractivity contribution >= 4 is 5.91 Å². The lowest BCUT2D eigenvalue weighted by atomic mass is 10.1. The van der Waals surface area contributed by atoms with Crippen molar-refractivity contribution in [3.8, 4) is 5.75 Å². The summed E-state index contributed by atoms with van der Waals surface area (Å²) in [6.45, 7) is 0.261. The van der Waals surface area contributed by atoms with Gasteiger partial charge in [0.05, 0.1) is 0 Å². The SMILES string of the molecule is NNC(=O)c1ccn(COc2ccc3c(c2)CCC3)n1. The van der Waals surface area contributed by atoms with Crippen molar-refractivity contribution in [3.63, 3.8) is 0 Å². The minimum Gasteiger partial charge on any atom is -0.471 e. The second-order valence-electron chi connectivity index (χ2n) is 4.77. The summed E-state index contributed by atoms with van der Waals surface area (Å²) in [6, 6.07) is 7.77. The molecule has 0 radical (unpaired) electrons. The maximum absolute atomic E-state index is 11.3. The fourth-order valence-electron chi connectivity index (χ4n) is 2.41. The molecule has 1 aliphatic rings. The predicted octanol–water partition coefficient (Wildman–Crippen LogP) is 1.01. The van der Waals surface area contributed by atoms with Gasteiger partial charge in [-0.1, -0.05) is 6.07 Å². The number of benzene rings is 1. The van der Waals surface area contributed by atoms with Crippen LogP contribution in [0.5, 0.6) is 5.75 Å². The number of ether oxygens (including phenoxy) is 1. The molecule has 1 amide bonds. The molecular formula is C14H16N4O2. The Bertz CT molecular complexity index is 636. The molecule has 0 spiro atoms. The van der Waals surface area contributed by atoms with E-state index in [9.17, 15) is 4.79 Å². The van der Waals surface area contributed by atoms with Gasteiger partial charge >= 0.3 is 0 Å². The van der Waals surface area contributed by atoms with Crippen LogP contribution in [0.4, 0.5) is 0 Å². The zero-order valence-corrected chi connectivity index (χ0v) is 11.0. The maximum Gasteiger partial charge on any atom is 0.285 e. The van der Waals surface area contributed by atoms with Crippen LogP contribution in [0, 0.1) is 0 Å². The highest BCUT2D eigenvalue weighted by Gasteiger charge is 2.11. The van der Waals surface area contributed by atoms with Gasteiger partial charge in [-0.25, -0.2) is 10.5 Å². The molecule has 0 atom stereocenters. The van der Waals surface area contributed by atoms with Crippen molar-refractivity contribution in [1.29, 1.82) is 0 Å². The number of aromatic nitrogens is 2. The Labute approximate surface area is 116 Å². The summed E-state index contributed by atoms with van der Waals surface area (Å²) in [5.41, 5.74) is 5.09. The van der Waals surface area contributed by atoms with E-state index in [-0.39, 0.29) is 12.4 Å². The summed E-state index contributed by atoms with van der Waals surface area (Å²) in [5, 5.41) is 4.07. The molecule has 0 fully saturated rings. The highest BCUT2D eigenvalue weighted by atomic mass is 16.5. The second kappa shape index (κ2) is 5.34. The molecule has 0 unspecified atom stereocenters. The quantitative estimate of drug-likeness (QED) is 0.494. The van der Waals surface area contributed by atoms with E-state index in [1.54, 1.807) is 16.9 Å². The Balaban J connectivity index is 1.64. The van der Waals surface area contributed by atoms with Crippen LogP contribution < -0.4 is 16.0 Å². The van der Waals surface area contributed by atoms with Crippen LogP contribution >= 0.6 is 0 Å². The number of nitrogens with zero attached hydrogens (tertiary/aromatic N) is 2. The van der Waals surface area contributed by atoms with Gasteiger partial charge in [-0.3, -0.25) is 10.2 Å². The minimum absolute atomic E-state index is 0.261. The van der Waals surface area contributed by atoms with Crippen LogP contribution in [-0.2, 0) is 19.6 Å². The highest BCUT2D eigenvalue weighted by molar-refractivity contribution is 5.91. The van der Waals surface area contributed by atoms with Crippen molar-refractivity contribution in [1.82, 2.24) is 15.2 Å². The Morgan fingerprint density at radius 1 is 1.35 bits per heavy atom. The minimum atomic E-state index is -0.415. The first-order valence-corrected chi connectivity index (χ1v) is 6.55. The van der Waals surface area contributed by atoms with E-state index in [1.165, 1.54) is 17.5 Å². The standard InChI is InChI=1S/C14H16N4O2/c15-16-14(19)13-6-7-18(17-13)9-20-12-5-4-10-2-1-3-11(10)8-12/h4-8H,1-3,9,15H2,(H,16,19). The highest BCUT2D eigenvalue weighted by Crippen LogP contribution is 2.26. The first-order valence-electron chi connectivity index (χ1n) is 6.55. The van der Waals surface area contributed by atoms with Crippen molar-refractivity contribution < 1.29 is 9.53 Å². The van der Waals surface area contributed by atoms with E-state index in [0.29, 0.717) is 0 Å². The number of carbonyl (C=O) groups excluding carboxylic acids is 1. The molecule has 0 saturated heterocycles. The number of nitrogen functional groups attached to an aromatic ring is 1. The number of nitrogens with one attached hydrogen (secondary N) is 1. The molecule has 0 bridgehead atoms. The summed E-state index contributed by atoms with van der Waals surface area (Å²) in [7, 11) is 0. The van der Waals surface area contributed by atoms with Crippen LogP contribution in [0.1, 0.15) is 28.0 Å². The average molecular weight is 272 g/mol. The van der Waals surface area contributed by atoms with Crippen LogP contribution in [0.25, 0.3) is 0 Å². The van der Waals surface area contributed by atoms with Crippen molar-refractivity contribution in [2.24, 2.45) is 5.84 Å². The number of fused-ring (bicyclic) bond motifs is 1. The lowest BCUT2D eigenvalue weighted by Gasteiger charge is -2.08. The molecule has 0 aliphatic heterocycles. The molecule has 104 valence electrons. The molecule has 1 aromatic carbocycles. The predicted molar refractivity (Wildman–Crippen MR) is 73.0 cm³/mol. The molecule has 1 aromatic heterocycles. The van der Waals surface area contributed by atoms with E-state index >= 15 is 0 Å². The smallest absolute Gasteiger partial charge is 0.285 e. The van der Waals surface area contributed by atoms with E-state index in [2.05, 4.69) is 17.2 Å². The topological polar surface area (TPSA) is 82.2 Å². The number of nitrogens with two attached hydrogens (primary N) is 1. The molecular weight excluding hydrogens is 256 g/mol. The van der Waals surface area contributed by atoms with Gasteiger partial charge in [-0.05, 0) is 48.6 Å². The van der Waals surface area contributed by atoms with Gasteiger partial charge in [-0.2, -0.15) is 5.10 Å². The molecule has 1 heterocycles. The summed E-state index contributed by atoms with van der Waals surface area (Å²) < 4.78 is 7.23. The number of amides is 1. The zero-order valence-electron chi connectivity index (χ0n) is 11.0. The van der Waals surface area contributed by atoms with E-state index in [0.717, 1.165) is 18.6 Å². The summed E-state index contributed by atoms with van der Waals surface area (Å²) >= 11 is 0. The van der Waals surface area contributed by atoms with Crippen LogP contribution in [0.3, 0.4) is 0 Å². The third-order valence-corrected chi connectivity index (χ3v) is 3.44. The van der Waals surface area contributed by atoms with Crippen molar-refractivity contribution in [2.75, 3.05) is 0 Å². The van der Waals surface area contributed by atoms with Gasteiger partial charge < -0.3 is 4.74 Å². The normalized spacial score (nSPS) is 13.1. The van der Waals surface area contributed by atoms with Gasteiger partial charge in [0, 0.05) is 6.20 Å². The van der Waals surface area contributed by atoms with E-state index in [1.807, 2.05) is 11.5 Å². The fourth-order valence-corrected chi connectivity index (χ4v) is 2.41. The van der Waals surface area contributed by atoms with Gasteiger partial charge in [0.2, 0.25) is 0 Å². The maximum atomic E-state index is 11.3. The van der Waals surface area contributed by atoms with Crippen LogP contribution in [-0.4, -0.2) is 15.7 Å². The number of aryl methyl sites for hydroxylation is 2. The molecule has 2 aromatic rings. The Hall–Kier alpha value is -2.34. The van der Waals surface area contributed by atoms with Gasteiger partial charge in [-0.15, -0.1) is 0 Å². The molecule has 3 rings (SSSR count). The number of hydrazine groups is 1. The number of hydrogen-bond donors (Lipinski definition) is 2. The lowest BCUT2D eigenvalue weighted by molar-refractivity contribution is 0.0946. The Kier molecular flexibility index (Phi) is 3.39. The number of hydrogen-bond acceptors (Lipinski definition) is 4. The molecule has 1 aliphatic carbocycles. The second-order valence-corrected chi connectivity index (χ2v) is 4.77.